The van der Waals surface area contributed by atoms with E-state index in [4.69, 9.17) is 0 Å². The first-order valence-corrected chi connectivity index (χ1v) is 13.2. The highest BCUT2D eigenvalue weighted by atomic mass is 16.3. The average Bonchev–Trinajstić information content (AvgIpc) is 3.38. The quantitative estimate of drug-likeness (QED) is 0.453. The molecule has 2 aliphatic rings. The lowest BCUT2D eigenvalue weighted by molar-refractivity contribution is 0.391. The van der Waals surface area contributed by atoms with Gasteiger partial charge in [-0.05, 0) is 67.5 Å². The Morgan fingerprint density at radius 3 is 2.26 bits per heavy atom. The Labute approximate surface area is 215 Å². The molecular formula is C31H46BN2O. The molecule has 1 radical (unpaired) electrons. The summed E-state index contributed by atoms with van der Waals surface area (Å²) in [4.78, 5) is 6.62. The summed E-state index contributed by atoms with van der Waals surface area (Å²) in [6, 6.07) is 12.7. The maximum atomic E-state index is 9.68. The summed E-state index contributed by atoms with van der Waals surface area (Å²) in [6.07, 6.45) is 3.41. The van der Waals surface area contributed by atoms with Crippen LogP contribution in [-0.4, -0.2) is 30.2 Å². The van der Waals surface area contributed by atoms with Crippen molar-refractivity contribution in [2.24, 2.45) is 10.9 Å². The zero-order valence-corrected chi connectivity index (χ0v) is 23.9. The third kappa shape index (κ3) is 7.62. The predicted octanol–water partition coefficient (Wildman–Crippen LogP) is 8.66. The Balaban J connectivity index is 0.000000307. The van der Waals surface area contributed by atoms with Crippen LogP contribution in [0.25, 0.3) is 5.57 Å². The number of allylic oxidation sites excluding steroid dienone is 3. The van der Waals surface area contributed by atoms with Crippen molar-refractivity contribution < 1.29 is 5.11 Å². The van der Waals surface area contributed by atoms with Crippen molar-refractivity contribution in [2.45, 2.75) is 81.7 Å². The summed E-state index contributed by atoms with van der Waals surface area (Å²) in [5.41, 5.74) is 8.56. The van der Waals surface area contributed by atoms with E-state index in [-0.39, 0.29) is 6.04 Å². The lowest BCUT2D eigenvalue weighted by atomic mass is 9.68. The second-order valence-electron chi connectivity index (χ2n) is 8.74. The fourth-order valence-corrected chi connectivity index (χ4v) is 3.97. The monoisotopic (exact) mass is 473 g/mol. The second-order valence-corrected chi connectivity index (χ2v) is 8.74. The summed E-state index contributed by atoms with van der Waals surface area (Å²) >= 11 is 0. The van der Waals surface area contributed by atoms with E-state index in [0.717, 1.165) is 29.1 Å². The molecule has 2 heterocycles. The molecule has 1 atom stereocenters. The number of phenols is 1. The van der Waals surface area contributed by atoms with Crippen LogP contribution in [-0.2, 0) is 6.42 Å². The van der Waals surface area contributed by atoms with E-state index in [1.54, 1.807) is 0 Å². The van der Waals surface area contributed by atoms with Gasteiger partial charge in [-0.3, -0.25) is 0 Å². The first-order chi connectivity index (χ1) is 16.7. The smallest absolute Gasteiger partial charge is 0.176 e. The molecule has 0 bridgehead atoms. The van der Waals surface area contributed by atoms with Gasteiger partial charge in [-0.1, -0.05) is 78.8 Å². The Morgan fingerprint density at radius 2 is 1.69 bits per heavy atom. The van der Waals surface area contributed by atoms with Gasteiger partial charge in [-0.25, -0.2) is 4.99 Å². The van der Waals surface area contributed by atoms with Crippen LogP contribution in [0, 0.1) is 12.8 Å². The molecule has 0 saturated carbocycles. The minimum Gasteiger partial charge on any atom is -0.508 e. The van der Waals surface area contributed by atoms with Gasteiger partial charge in [0, 0.05) is 12.6 Å². The first-order valence-electron chi connectivity index (χ1n) is 13.2. The summed E-state index contributed by atoms with van der Waals surface area (Å²) < 4.78 is 0. The minimum absolute atomic E-state index is 0.268. The molecule has 4 heteroatoms. The summed E-state index contributed by atoms with van der Waals surface area (Å²) in [5.74, 6) is 4.22. The molecule has 0 saturated heterocycles. The molecule has 0 aliphatic carbocycles. The number of amidine groups is 1. The SMILES string of the molecule is CC.CC.CC1=Nc2cc(C)c(O)cc2C(C)N1C.CCc1ccccc1C1=C[B]C(C(C)C)=C1. The zero-order chi connectivity index (χ0) is 26.7. The number of hydrogen-bond donors (Lipinski definition) is 1. The Hall–Kier alpha value is -2.75. The van der Waals surface area contributed by atoms with Crippen LogP contribution in [0.5, 0.6) is 5.75 Å². The first kappa shape index (κ1) is 30.3. The van der Waals surface area contributed by atoms with Crippen molar-refractivity contribution in [3.05, 3.63) is 76.2 Å². The average molecular weight is 474 g/mol. The van der Waals surface area contributed by atoms with Gasteiger partial charge in [0.2, 0.25) is 0 Å². The molecule has 3 nitrogen and oxygen atoms in total. The maximum absolute atomic E-state index is 9.68. The van der Waals surface area contributed by atoms with Gasteiger partial charge in [0.15, 0.2) is 7.28 Å². The lowest BCUT2D eigenvalue weighted by Gasteiger charge is -2.32. The van der Waals surface area contributed by atoms with E-state index in [1.807, 2.05) is 60.7 Å². The largest absolute Gasteiger partial charge is 0.508 e. The summed E-state index contributed by atoms with van der Waals surface area (Å²) in [7, 11) is 4.26. The second kappa shape index (κ2) is 14.6. The Bertz CT molecular complexity index is 1050. The molecule has 2 aromatic rings. The van der Waals surface area contributed by atoms with Crippen LogP contribution >= 0.6 is 0 Å². The van der Waals surface area contributed by atoms with Crippen molar-refractivity contribution in [3.8, 4) is 5.75 Å². The lowest BCUT2D eigenvalue weighted by Crippen LogP contribution is -2.30. The number of aromatic hydroxyl groups is 1. The van der Waals surface area contributed by atoms with E-state index in [2.05, 4.69) is 81.2 Å². The number of hydrogen-bond acceptors (Lipinski definition) is 3. The number of benzene rings is 2. The van der Waals surface area contributed by atoms with Crippen molar-refractivity contribution in [1.29, 1.82) is 0 Å². The summed E-state index contributed by atoms with van der Waals surface area (Å²) in [5, 5.41) is 9.68. The molecule has 2 aromatic carbocycles. The van der Waals surface area contributed by atoms with Gasteiger partial charge in [0.1, 0.15) is 11.6 Å². The predicted molar refractivity (Wildman–Crippen MR) is 157 cm³/mol. The minimum atomic E-state index is 0.268. The number of aryl methyl sites for hydroxylation is 2. The number of rotatable bonds is 3. The van der Waals surface area contributed by atoms with Gasteiger partial charge in [0.25, 0.3) is 0 Å². The van der Waals surface area contributed by atoms with Crippen LogP contribution in [0.4, 0.5) is 5.69 Å². The molecule has 0 fully saturated rings. The van der Waals surface area contributed by atoms with Gasteiger partial charge in [-0.2, -0.15) is 0 Å². The molecule has 0 aromatic heterocycles. The number of aliphatic imine (C=N–C) groups is 1. The van der Waals surface area contributed by atoms with E-state index >= 15 is 0 Å². The fraction of sp³-hybridized carbons (Fsp3) is 0.452. The van der Waals surface area contributed by atoms with Gasteiger partial charge in [-0.15, -0.1) is 11.4 Å². The standard InChI is InChI=1S/C15H18B.C12H16N2O.2C2H6/c1-4-12-7-5-6-8-14(12)13-9-15(11(2)3)16-10-13;1-7-5-11-10(6-12(7)15)8(2)14(4)9(3)13-11;2*1-2/h5-11H,4H2,1-3H3;5-6,8,15H,1-4H3;2*1-2H3. The summed E-state index contributed by atoms with van der Waals surface area (Å²) in [6.45, 7) is 20.7. The molecule has 4 rings (SSSR count). The van der Waals surface area contributed by atoms with Crippen molar-refractivity contribution in [3.63, 3.8) is 0 Å². The molecule has 1 unspecified atom stereocenters. The van der Waals surface area contributed by atoms with Crippen LogP contribution in [0.3, 0.4) is 0 Å². The van der Waals surface area contributed by atoms with E-state index in [9.17, 15) is 5.11 Å². The fourth-order valence-electron chi connectivity index (χ4n) is 3.97. The van der Waals surface area contributed by atoms with Gasteiger partial charge >= 0.3 is 0 Å². The highest BCUT2D eigenvalue weighted by molar-refractivity contribution is 6.55. The third-order valence-corrected chi connectivity index (χ3v) is 6.32. The number of nitrogens with zero attached hydrogens (tertiary/aromatic N) is 2. The number of phenolic OH excluding ortho intramolecular Hbond substituents is 1. The molecular weight excluding hydrogens is 427 g/mol. The third-order valence-electron chi connectivity index (χ3n) is 6.32. The van der Waals surface area contributed by atoms with Gasteiger partial charge < -0.3 is 10.0 Å². The highest BCUT2D eigenvalue weighted by Crippen LogP contribution is 2.37. The van der Waals surface area contributed by atoms with Crippen LogP contribution in [0.2, 0.25) is 0 Å². The van der Waals surface area contributed by atoms with Gasteiger partial charge in [0.05, 0.1) is 11.7 Å². The van der Waals surface area contributed by atoms with E-state index in [1.165, 1.54) is 22.2 Å². The van der Waals surface area contributed by atoms with Crippen molar-refractivity contribution in [2.75, 3.05) is 7.05 Å². The van der Waals surface area contributed by atoms with E-state index in [0.29, 0.717) is 11.7 Å². The van der Waals surface area contributed by atoms with E-state index < -0.39 is 0 Å². The highest BCUT2D eigenvalue weighted by Gasteiger charge is 2.22. The van der Waals surface area contributed by atoms with Crippen LogP contribution < -0.4 is 0 Å². The van der Waals surface area contributed by atoms with Crippen LogP contribution in [0.15, 0.2) is 58.9 Å². The molecule has 35 heavy (non-hydrogen) atoms. The normalized spacial score (nSPS) is 15.6. The topological polar surface area (TPSA) is 35.8 Å². The van der Waals surface area contributed by atoms with Crippen molar-refractivity contribution in [1.82, 2.24) is 4.90 Å². The molecule has 189 valence electrons. The number of fused-ring (bicyclic) bond motifs is 1. The maximum Gasteiger partial charge on any atom is 0.176 e. The van der Waals surface area contributed by atoms with Crippen molar-refractivity contribution >= 4 is 24.4 Å². The molecule has 2 aliphatic heterocycles. The molecule has 1 N–H and O–H groups in total. The Kier molecular flexibility index (Phi) is 12.6. The Morgan fingerprint density at radius 1 is 1.06 bits per heavy atom. The zero-order valence-electron chi connectivity index (χ0n) is 23.9. The molecule has 0 spiro atoms. The van der Waals surface area contributed by atoms with Crippen LogP contribution in [0.1, 0.15) is 90.6 Å². The molecule has 0 amide bonds.